The van der Waals surface area contributed by atoms with Crippen molar-refractivity contribution in [2.24, 2.45) is 5.73 Å². The molecule has 5 nitrogen and oxygen atoms in total. The van der Waals surface area contributed by atoms with E-state index in [0.717, 1.165) is 11.8 Å². The molecule has 0 aliphatic rings. The second-order valence-corrected chi connectivity index (χ2v) is 9.08. The van der Waals surface area contributed by atoms with Gasteiger partial charge in [0, 0.05) is 18.7 Å². The third-order valence-electron chi connectivity index (χ3n) is 2.78. The van der Waals surface area contributed by atoms with Crippen molar-refractivity contribution in [2.75, 3.05) is 30.1 Å². The molecule has 1 aromatic rings. The van der Waals surface area contributed by atoms with Gasteiger partial charge in [0.1, 0.15) is 9.84 Å². The molecule has 0 aliphatic heterocycles. The Hall–Kier alpha value is -0.920. The van der Waals surface area contributed by atoms with Crippen LogP contribution in [0, 0.1) is 0 Å². The molecule has 0 fully saturated rings. The summed E-state index contributed by atoms with van der Waals surface area (Å²) in [4.78, 5) is 0. The maximum atomic E-state index is 11.9. The van der Waals surface area contributed by atoms with Crippen LogP contribution in [0.2, 0.25) is 0 Å². The smallest absolute Gasteiger partial charge is 0.151 e. The average molecular weight is 305 g/mol. The molecule has 0 amide bonds. The van der Waals surface area contributed by atoms with E-state index in [1.165, 1.54) is 0 Å². The van der Waals surface area contributed by atoms with Crippen molar-refractivity contribution in [3.8, 4) is 0 Å². The van der Waals surface area contributed by atoms with Crippen molar-refractivity contribution in [3.63, 3.8) is 0 Å². The van der Waals surface area contributed by atoms with Gasteiger partial charge in [0.15, 0.2) is 9.84 Å². The molecule has 1 atom stereocenters. The summed E-state index contributed by atoms with van der Waals surface area (Å²) in [6.07, 6.45) is 1.03. The molecule has 1 aromatic carbocycles. The monoisotopic (exact) mass is 305 g/mol. The first kappa shape index (κ1) is 16.1. The van der Waals surface area contributed by atoms with Gasteiger partial charge in [0.25, 0.3) is 0 Å². The van der Waals surface area contributed by atoms with Gasteiger partial charge in [-0.1, -0.05) is 30.3 Å². The maximum absolute atomic E-state index is 11.9. The first-order chi connectivity index (χ1) is 8.73. The fraction of sp³-hybridized carbons (Fsp3) is 0.500. The van der Waals surface area contributed by atoms with Crippen LogP contribution in [0.3, 0.4) is 0 Å². The Morgan fingerprint density at radius 1 is 1.05 bits per heavy atom. The number of rotatable bonds is 7. The van der Waals surface area contributed by atoms with Gasteiger partial charge in [-0.15, -0.1) is 0 Å². The van der Waals surface area contributed by atoms with Crippen molar-refractivity contribution >= 4 is 19.7 Å². The second kappa shape index (κ2) is 6.49. The lowest BCUT2D eigenvalue weighted by molar-refractivity contribution is 0.584. The van der Waals surface area contributed by atoms with Gasteiger partial charge in [-0.2, -0.15) is 0 Å². The van der Waals surface area contributed by atoms with Gasteiger partial charge in [-0.25, -0.2) is 16.8 Å². The van der Waals surface area contributed by atoms with Crippen LogP contribution in [0.5, 0.6) is 0 Å². The highest BCUT2D eigenvalue weighted by molar-refractivity contribution is 7.94. The molecule has 0 radical (unpaired) electrons. The van der Waals surface area contributed by atoms with E-state index < -0.39 is 19.7 Å². The largest absolute Gasteiger partial charge is 0.330 e. The number of sulfone groups is 2. The van der Waals surface area contributed by atoms with E-state index in [1.54, 1.807) is 0 Å². The minimum absolute atomic E-state index is 0.122. The molecule has 0 aliphatic carbocycles. The number of nitrogens with two attached hydrogens (primary N) is 1. The molecule has 1 unspecified atom stereocenters. The maximum Gasteiger partial charge on any atom is 0.151 e. The van der Waals surface area contributed by atoms with Crippen LogP contribution in [0.25, 0.3) is 0 Å². The summed E-state index contributed by atoms with van der Waals surface area (Å²) in [6, 6.07) is 9.13. The Morgan fingerprint density at radius 3 is 2.11 bits per heavy atom. The molecule has 0 bridgehead atoms. The Balaban J connectivity index is 2.76. The van der Waals surface area contributed by atoms with Gasteiger partial charge in [-0.3, -0.25) is 0 Å². The lowest BCUT2D eigenvalue weighted by Crippen LogP contribution is -2.26. The Bertz CT molecular complexity index is 594. The quantitative estimate of drug-likeness (QED) is 0.776. The van der Waals surface area contributed by atoms with E-state index in [1.807, 2.05) is 30.3 Å². The third-order valence-corrected chi connectivity index (χ3v) is 5.72. The number of hydrogen-bond acceptors (Lipinski definition) is 5. The standard InChI is InChI=1S/C12H19NO4S2/c1-18(14,15)7-8-19(16,17)10-12(9-13)11-5-3-2-4-6-11/h2-6,12H,7-10,13H2,1H3. The van der Waals surface area contributed by atoms with Crippen molar-refractivity contribution in [3.05, 3.63) is 35.9 Å². The summed E-state index contributed by atoms with van der Waals surface area (Å²) in [6.45, 7) is 0.210. The van der Waals surface area contributed by atoms with E-state index in [9.17, 15) is 16.8 Å². The molecule has 19 heavy (non-hydrogen) atoms. The summed E-state index contributed by atoms with van der Waals surface area (Å²) in [5.74, 6) is -1.12. The molecular weight excluding hydrogens is 286 g/mol. The minimum Gasteiger partial charge on any atom is -0.330 e. The fourth-order valence-electron chi connectivity index (χ4n) is 1.69. The SMILES string of the molecule is CS(=O)(=O)CCS(=O)(=O)CC(CN)c1ccccc1. The molecular formula is C12H19NO4S2. The predicted molar refractivity (Wildman–Crippen MR) is 76.6 cm³/mol. The molecule has 0 heterocycles. The Labute approximate surface area is 114 Å². The van der Waals surface area contributed by atoms with E-state index in [0.29, 0.717) is 0 Å². The summed E-state index contributed by atoms with van der Waals surface area (Å²) >= 11 is 0. The summed E-state index contributed by atoms with van der Waals surface area (Å²) < 4.78 is 45.8. The summed E-state index contributed by atoms with van der Waals surface area (Å²) in [7, 11) is -6.71. The molecule has 108 valence electrons. The minimum atomic E-state index is -3.43. The normalized spacial score (nSPS) is 14.2. The van der Waals surface area contributed by atoms with Gasteiger partial charge in [-0.05, 0) is 5.56 Å². The van der Waals surface area contributed by atoms with Crippen LogP contribution in [0.1, 0.15) is 11.5 Å². The van der Waals surface area contributed by atoms with Crippen LogP contribution in [-0.4, -0.2) is 46.9 Å². The van der Waals surface area contributed by atoms with Crippen molar-refractivity contribution < 1.29 is 16.8 Å². The molecule has 7 heteroatoms. The Kier molecular flexibility index (Phi) is 5.51. The molecule has 0 saturated heterocycles. The van der Waals surface area contributed by atoms with Crippen molar-refractivity contribution in [2.45, 2.75) is 5.92 Å². The van der Waals surface area contributed by atoms with Crippen molar-refractivity contribution in [1.29, 1.82) is 0 Å². The zero-order valence-electron chi connectivity index (χ0n) is 10.8. The van der Waals surface area contributed by atoms with Crippen molar-refractivity contribution in [1.82, 2.24) is 0 Å². The van der Waals surface area contributed by atoms with Crippen LogP contribution < -0.4 is 5.73 Å². The lowest BCUT2D eigenvalue weighted by atomic mass is 10.0. The highest BCUT2D eigenvalue weighted by Gasteiger charge is 2.21. The highest BCUT2D eigenvalue weighted by Crippen LogP contribution is 2.16. The summed E-state index contributed by atoms with van der Waals surface area (Å²) in [5, 5.41) is 0. The van der Waals surface area contributed by atoms with E-state index in [4.69, 9.17) is 5.73 Å². The number of hydrogen-bond donors (Lipinski definition) is 1. The summed E-state index contributed by atoms with van der Waals surface area (Å²) in [5.41, 5.74) is 6.47. The predicted octanol–water partition coefficient (Wildman–Crippen LogP) is 0.188. The van der Waals surface area contributed by atoms with Crippen LogP contribution in [0.4, 0.5) is 0 Å². The Morgan fingerprint density at radius 2 is 1.63 bits per heavy atom. The zero-order valence-corrected chi connectivity index (χ0v) is 12.5. The average Bonchev–Trinajstić information content (AvgIpc) is 2.34. The highest BCUT2D eigenvalue weighted by atomic mass is 32.2. The molecule has 0 aromatic heterocycles. The zero-order chi connectivity index (χ0) is 14.5. The lowest BCUT2D eigenvalue weighted by Gasteiger charge is -2.15. The molecule has 2 N–H and O–H groups in total. The van der Waals surface area contributed by atoms with Crippen LogP contribution >= 0.6 is 0 Å². The van der Waals surface area contributed by atoms with E-state index in [-0.39, 0.29) is 29.7 Å². The molecule has 0 spiro atoms. The van der Waals surface area contributed by atoms with Gasteiger partial charge in [0.05, 0.1) is 17.3 Å². The first-order valence-corrected chi connectivity index (χ1v) is 9.75. The third kappa shape index (κ3) is 6.17. The first-order valence-electron chi connectivity index (χ1n) is 5.87. The van der Waals surface area contributed by atoms with E-state index in [2.05, 4.69) is 0 Å². The van der Waals surface area contributed by atoms with E-state index >= 15 is 0 Å². The van der Waals surface area contributed by atoms with Gasteiger partial charge < -0.3 is 5.73 Å². The number of benzene rings is 1. The molecule has 1 rings (SSSR count). The van der Waals surface area contributed by atoms with Crippen LogP contribution in [0.15, 0.2) is 30.3 Å². The van der Waals surface area contributed by atoms with Gasteiger partial charge in [0.2, 0.25) is 0 Å². The van der Waals surface area contributed by atoms with Gasteiger partial charge >= 0.3 is 0 Å². The second-order valence-electron chi connectivity index (χ2n) is 4.59. The fourth-order valence-corrected chi connectivity index (χ4v) is 5.03. The topological polar surface area (TPSA) is 94.3 Å². The van der Waals surface area contributed by atoms with Crippen LogP contribution in [-0.2, 0) is 19.7 Å². The molecule has 0 saturated carbocycles.